The predicted octanol–water partition coefficient (Wildman–Crippen LogP) is 3.39. The third-order valence-corrected chi connectivity index (χ3v) is 6.01. The van der Waals surface area contributed by atoms with Gasteiger partial charge < -0.3 is 14.3 Å². The Balaban J connectivity index is 1.25. The van der Waals surface area contributed by atoms with Gasteiger partial charge in [0, 0.05) is 67.3 Å². The molecule has 6 nitrogen and oxygen atoms in total. The SMILES string of the molecule is Cc1[nH]c2ccc(C(=O)N3CCN(Cc4cn5ccccc5n4)CC3)cc2c1C. The number of imidazole rings is 1. The number of hydrogen-bond acceptors (Lipinski definition) is 3. The fourth-order valence-corrected chi connectivity index (χ4v) is 4.18. The fourth-order valence-electron chi connectivity index (χ4n) is 4.18. The predicted molar refractivity (Wildman–Crippen MR) is 114 cm³/mol. The maximum atomic E-state index is 13.0. The van der Waals surface area contributed by atoms with E-state index in [1.807, 2.05) is 47.5 Å². The number of H-pyrrole nitrogens is 1. The van der Waals surface area contributed by atoms with E-state index in [9.17, 15) is 4.79 Å². The normalized spacial score (nSPS) is 15.4. The van der Waals surface area contributed by atoms with Gasteiger partial charge in [-0.05, 0) is 49.7 Å². The van der Waals surface area contributed by atoms with Crippen molar-refractivity contribution in [2.75, 3.05) is 26.2 Å². The number of fused-ring (bicyclic) bond motifs is 2. The van der Waals surface area contributed by atoms with E-state index in [-0.39, 0.29) is 5.91 Å². The molecule has 1 amide bonds. The summed E-state index contributed by atoms with van der Waals surface area (Å²) in [6.07, 6.45) is 4.11. The molecule has 148 valence electrons. The Kier molecular flexibility index (Phi) is 4.36. The number of hydrogen-bond donors (Lipinski definition) is 1. The van der Waals surface area contributed by atoms with Crippen LogP contribution in [0.3, 0.4) is 0 Å². The summed E-state index contributed by atoms with van der Waals surface area (Å²) in [5, 5.41) is 1.14. The van der Waals surface area contributed by atoms with Crippen LogP contribution in [-0.2, 0) is 6.54 Å². The van der Waals surface area contributed by atoms with Crippen molar-refractivity contribution in [2.24, 2.45) is 0 Å². The van der Waals surface area contributed by atoms with Crippen molar-refractivity contribution < 1.29 is 4.79 Å². The summed E-state index contributed by atoms with van der Waals surface area (Å²) < 4.78 is 2.05. The van der Waals surface area contributed by atoms with Gasteiger partial charge in [-0.3, -0.25) is 9.69 Å². The molecule has 0 unspecified atom stereocenters. The van der Waals surface area contributed by atoms with Crippen molar-refractivity contribution in [3.05, 3.63) is 71.3 Å². The largest absolute Gasteiger partial charge is 0.358 e. The number of aryl methyl sites for hydroxylation is 2. The van der Waals surface area contributed by atoms with Gasteiger partial charge in [0.25, 0.3) is 5.91 Å². The number of pyridine rings is 1. The Morgan fingerprint density at radius 2 is 1.93 bits per heavy atom. The number of aromatic nitrogens is 3. The number of benzene rings is 1. The van der Waals surface area contributed by atoms with Crippen molar-refractivity contribution in [2.45, 2.75) is 20.4 Å². The molecule has 1 fully saturated rings. The standard InChI is InChI=1S/C23H25N5O/c1-16-17(2)24-21-7-6-18(13-20(16)21)23(29)27-11-9-26(10-12-27)14-19-15-28-8-4-3-5-22(28)25-19/h3-8,13,15,24H,9-12,14H2,1-2H3. The quantitative estimate of drug-likeness (QED) is 0.586. The number of rotatable bonds is 3. The highest BCUT2D eigenvalue weighted by molar-refractivity contribution is 5.99. The lowest BCUT2D eigenvalue weighted by Crippen LogP contribution is -2.48. The lowest BCUT2D eigenvalue weighted by Gasteiger charge is -2.34. The smallest absolute Gasteiger partial charge is 0.253 e. The third-order valence-electron chi connectivity index (χ3n) is 6.01. The van der Waals surface area contributed by atoms with Crippen LogP contribution in [-0.4, -0.2) is 56.3 Å². The minimum absolute atomic E-state index is 0.123. The molecule has 0 saturated carbocycles. The van der Waals surface area contributed by atoms with E-state index in [1.54, 1.807) is 0 Å². The average molecular weight is 387 g/mol. The molecule has 3 aromatic heterocycles. The first-order chi connectivity index (χ1) is 14.1. The first kappa shape index (κ1) is 17.9. The number of carbonyl (C=O) groups excluding carboxylic acids is 1. The molecule has 29 heavy (non-hydrogen) atoms. The number of carbonyl (C=O) groups is 1. The van der Waals surface area contributed by atoms with Gasteiger partial charge in [-0.25, -0.2) is 4.98 Å². The summed E-state index contributed by atoms with van der Waals surface area (Å²) >= 11 is 0. The van der Waals surface area contributed by atoms with E-state index in [4.69, 9.17) is 0 Å². The van der Waals surface area contributed by atoms with Gasteiger partial charge >= 0.3 is 0 Å². The van der Waals surface area contributed by atoms with E-state index in [1.165, 1.54) is 5.56 Å². The van der Waals surface area contributed by atoms with Gasteiger partial charge in [-0.2, -0.15) is 0 Å². The first-order valence-corrected chi connectivity index (χ1v) is 10.1. The van der Waals surface area contributed by atoms with Gasteiger partial charge in [-0.1, -0.05) is 6.07 Å². The fraction of sp³-hybridized carbons (Fsp3) is 0.304. The highest BCUT2D eigenvalue weighted by Gasteiger charge is 2.23. The molecule has 1 aliphatic heterocycles. The zero-order valence-corrected chi connectivity index (χ0v) is 16.9. The molecule has 6 heteroatoms. The van der Waals surface area contributed by atoms with Crippen LogP contribution in [0.2, 0.25) is 0 Å². The van der Waals surface area contributed by atoms with Crippen LogP contribution in [0.25, 0.3) is 16.6 Å². The van der Waals surface area contributed by atoms with E-state index in [2.05, 4.69) is 39.3 Å². The van der Waals surface area contributed by atoms with E-state index >= 15 is 0 Å². The third kappa shape index (κ3) is 3.29. The van der Waals surface area contributed by atoms with Crippen LogP contribution in [0.15, 0.2) is 48.8 Å². The lowest BCUT2D eigenvalue weighted by atomic mass is 10.1. The molecule has 1 N–H and O–H groups in total. The Morgan fingerprint density at radius 3 is 2.72 bits per heavy atom. The van der Waals surface area contributed by atoms with Crippen LogP contribution >= 0.6 is 0 Å². The molecule has 0 spiro atoms. The molecule has 0 atom stereocenters. The Morgan fingerprint density at radius 1 is 1.10 bits per heavy atom. The lowest BCUT2D eigenvalue weighted by molar-refractivity contribution is 0.0627. The van der Waals surface area contributed by atoms with E-state index in [0.717, 1.165) is 66.2 Å². The molecule has 1 aliphatic rings. The van der Waals surface area contributed by atoms with Crippen molar-refractivity contribution >= 4 is 22.5 Å². The maximum absolute atomic E-state index is 13.0. The second-order valence-electron chi connectivity index (χ2n) is 7.90. The van der Waals surface area contributed by atoms with Crippen molar-refractivity contribution in [1.82, 2.24) is 24.2 Å². The summed E-state index contributed by atoms with van der Waals surface area (Å²) in [6, 6.07) is 12.0. The molecular weight excluding hydrogens is 362 g/mol. The van der Waals surface area contributed by atoms with Crippen molar-refractivity contribution in [3.63, 3.8) is 0 Å². The zero-order chi connectivity index (χ0) is 20.0. The van der Waals surface area contributed by atoms with Gasteiger partial charge in [0.1, 0.15) is 5.65 Å². The molecule has 0 radical (unpaired) electrons. The summed E-state index contributed by atoms with van der Waals surface area (Å²) in [7, 11) is 0. The second kappa shape index (κ2) is 7.04. The van der Waals surface area contributed by atoms with Gasteiger partial charge in [0.05, 0.1) is 5.69 Å². The highest BCUT2D eigenvalue weighted by Crippen LogP contribution is 2.23. The van der Waals surface area contributed by atoms with Crippen LogP contribution in [0.1, 0.15) is 27.3 Å². The maximum Gasteiger partial charge on any atom is 0.253 e. The van der Waals surface area contributed by atoms with Crippen LogP contribution < -0.4 is 0 Å². The van der Waals surface area contributed by atoms with Crippen LogP contribution in [0.4, 0.5) is 0 Å². The van der Waals surface area contributed by atoms with Crippen LogP contribution in [0.5, 0.6) is 0 Å². The number of nitrogens with one attached hydrogen (secondary N) is 1. The van der Waals surface area contributed by atoms with Gasteiger partial charge in [0.15, 0.2) is 0 Å². The molecule has 1 saturated heterocycles. The minimum atomic E-state index is 0.123. The number of piperazine rings is 1. The average Bonchev–Trinajstić information content (AvgIpc) is 3.27. The molecule has 4 aromatic rings. The molecular formula is C23H25N5O. The molecule has 0 bridgehead atoms. The Labute approximate surface area is 169 Å². The molecule has 0 aliphatic carbocycles. The van der Waals surface area contributed by atoms with Crippen molar-refractivity contribution in [3.8, 4) is 0 Å². The Bertz CT molecular complexity index is 1160. The zero-order valence-electron chi connectivity index (χ0n) is 16.9. The number of aromatic amines is 1. The number of amides is 1. The highest BCUT2D eigenvalue weighted by atomic mass is 16.2. The summed E-state index contributed by atoms with van der Waals surface area (Å²) in [5.74, 6) is 0.123. The second-order valence-corrected chi connectivity index (χ2v) is 7.90. The summed E-state index contributed by atoms with van der Waals surface area (Å²) in [4.78, 5) is 25.4. The van der Waals surface area contributed by atoms with Crippen LogP contribution in [0, 0.1) is 13.8 Å². The molecule has 4 heterocycles. The van der Waals surface area contributed by atoms with Gasteiger partial charge in [-0.15, -0.1) is 0 Å². The molecule has 5 rings (SSSR count). The number of nitrogens with zero attached hydrogens (tertiary/aromatic N) is 4. The minimum Gasteiger partial charge on any atom is -0.358 e. The Hall–Kier alpha value is -3.12. The first-order valence-electron chi connectivity index (χ1n) is 10.1. The van der Waals surface area contributed by atoms with E-state index < -0.39 is 0 Å². The molecule has 1 aromatic carbocycles. The summed E-state index contributed by atoms with van der Waals surface area (Å²) in [6.45, 7) is 8.20. The summed E-state index contributed by atoms with van der Waals surface area (Å²) in [5.41, 5.74) is 6.28. The van der Waals surface area contributed by atoms with E-state index in [0.29, 0.717) is 0 Å². The van der Waals surface area contributed by atoms with Crippen molar-refractivity contribution in [1.29, 1.82) is 0 Å². The topological polar surface area (TPSA) is 56.6 Å². The monoisotopic (exact) mass is 387 g/mol. The van der Waals surface area contributed by atoms with Gasteiger partial charge in [0.2, 0.25) is 0 Å².